The van der Waals surface area contributed by atoms with Crippen molar-refractivity contribution in [3.05, 3.63) is 30.1 Å². The van der Waals surface area contributed by atoms with Crippen LogP contribution in [-0.2, 0) is 6.54 Å². The van der Waals surface area contributed by atoms with Crippen molar-refractivity contribution >= 4 is 0 Å². The minimum atomic E-state index is 0.673. The van der Waals surface area contributed by atoms with Gasteiger partial charge in [0.2, 0.25) is 0 Å². The second-order valence-electron chi connectivity index (χ2n) is 4.78. The Balaban J connectivity index is 2.01. The largest absolute Gasteiger partial charge is 0.315 e. The Morgan fingerprint density at radius 3 is 2.88 bits per heavy atom. The summed E-state index contributed by atoms with van der Waals surface area (Å²) in [5, 5.41) is 3.51. The van der Waals surface area contributed by atoms with E-state index < -0.39 is 0 Å². The van der Waals surface area contributed by atoms with Gasteiger partial charge in [0.05, 0.1) is 5.69 Å². The molecule has 1 aromatic rings. The third-order valence-corrected chi connectivity index (χ3v) is 3.79. The minimum absolute atomic E-state index is 0.673. The van der Waals surface area contributed by atoms with Gasteiger partial charge in [-0.2, -0.15) is 0 Å². The Hall–Kier alpha value is -0.930. The first-order valence-corrected chi connectivity index (χ1v) is 6.69. The van der Waals surface area contributed by atoms with Gasteiger partial charge in [-0.15, -0.1) is 0 Å². The van der Waals surface area contributed by atoms with Crippen molar-refractivity contribution in [1.82, 2.24) is 15.2 Å². The molecule has 0 bridgehead atoms. The molecular formula is C14H23N3. The topological polar surface area (TPSA) is 28.2 Å². The van der Waals surface area contributed by atoms with Crippen molar-refractivity contribution in [2.75, 3.05) is 19.6 Å². The Bertz CT molecular complexity index is 325. The molecule has 3 nitrogen and oxygen atoms in total. The molecule has 94 valence electrons. The maximum Gasteiger partial charge on any atom is 0.0544 e. The van der Waals surface area contributed by atoms with Gasteiger partial charge in [-0.1, -0.05) is 26.3 Å². The SMILES string of the molecule is CCC1CNCC1N(CC)Cc1ccccn1. The number of nitrogens with one attached hydrogen (secondary N) is 1. The van der Waals surface area contributed by atoms with E-state index in [1.165, 1.54) is 18.7 Å². The van der Waals surface area contributed by atoms with E-state index in [1.54, 1.807) is 0 Å². The highest BCUT2D eigenvalue weighted by Gasteiger charge is 2.29. The summed E-state index contributed by atoms with van der Waals surface area (Å²) in [5.41, 5.74) is 1.18. The van der Waals surface area contributed by atoms with Crippen molar-refractivity contribution in [2.45, 2.75) is 32.9 Å². The molecule has 0 aliphatic carbocycles. The summed E-state index contributed by atoms with van der Waals surface area (Å²) in [6.07, 6.45) is 3.14. The van der Waals surface area contributed by atoms with Crippen molar-refractivity contribution in [3.8, 4) is 0 Å². The van der Waals surface area contributed by atoms with Gasteiger partial charge in [-0.05, 0) is 31.1 Å². The predicted octanol–water partition coefficient (Wildman–Crippen LogP) is 1.90. The molecule has 1 saturated heterocycles. The Labute approximate surface area is 104 Å². The molecule has 1 aliphatic rings. The smallest absolute Gasteiger partial charge is 0.0544 e. The maximum atomic E-state index is 4.43. The summed E-state index contributed by atoms with van der Waals surface area (Å²) in [6.45, 7) is 8.89. The number of pyridine rings is 1. The van der Waals surface area contributed by atoms with Crippen LogP contribution in [0.4, 0.5) is 0 Å². The molecule has 2 rings (SSSR count). The van der Waals surface area contributed by atoms with Crippen LogP contribution in [0.2, 0.25) is 0 Å². The summed E-state index contributed by atoms with van der Waals surface area (Å²) in [4.78, 5) is 6.98. The fourth-order valence-corrected chi connectivity index (χ4v) is 2.73. The summed E-state index contributed by atoms with van der Waals surface area (Å²) in [6, 6.07) is 6.84. The van der Waals surface area contributed by atoms with Crippen LogP contribution in [0.5, 0.6) is 0 Å². The van der Waals surface area contributed by atoms with Crippen molar-refractivity contribution in [3.63, 3.8) is 0 Å². The van der Waals surface area contributed by atoms with Crippen LogP contribution in [-0.4, -0.2) is 35.6 Å². The zero-order valence-electron chi connectivity index (χ0n) is 10.9. The minimum Gasteiger partial charge on any atom is -0.315 e. The van der Waals surface area contributed by atoms with E-state index in [4.69, 9.17) is 0 Å². The quantitative estimate of drug-likeness (QED) is 0.842. The standard InChI is InChI=1S/C14H23N3/c1-3-12-9-15-10-14(12)17(4-2)11-13-7-5-6-8-16-13/h5-8,12,14-15H,3-4,9-11H2,1-2H3. The molecular weight excluding hydrogens is 210 g/mol. The fraction of sp³-hybridized carbons (Fsp3) is 0.643. The lowest BCUT2D eigenvalue weighted by atomic mass is 9.99. The van der Waals surface area contributed by atoms with Crippen molar-refractivity contribution < 1.29 is 0 Å². The Morgan fingerprint density at radius 2 is 2.24 bits per heavy atom. The van der Waals surface area contributed by atoms with Crippen LogP contribution in [0.1, 0.15) is 26.0 Å². The van der Waals surface area contributed by atoms with Crippen molar-refractivity contribution in [2.24, 2.45) is 5.92 Å². The third kappa shape index (κ3) is 3.05. The molecule has 0 aromatic carbocycles. The lowest BCUT2D eigenvalue weighted by Crippen LogP contribution is -2.40. The lowest BCUT2D eigenvalue weighted by molar-refractivity contribution is 0.167. The van der Waals surface area contributed by atoms with Gasteiger partial charge in [0.15, 0.2) is 0 Å². The van der Waals surface area contributed by atoms with Crippen LogP contribution in [0, 0.1) is 5.92 Å². The second kappa shape index (κ2) is 6.12. The highest BCUT2D eigenvalue weighted by molar-refractivity contribution is 5.04. The second-order valence-corrected chi connectivity index (χ2v) is 4.78. The van der Waals surface area contributed by atoms with E-state index in [1.807, 2.05) is 12.3 Å². The van der Waals surface area contributed by atoms with Gasteiger partial charge in [0.1, 0.15) is 0 Å². The number of rotatable bonds is 5. The van der Waals surface area contributed by atoms with Crippen LogP contribution in [0.3, 0.4) is 0 Å². The van der Waals surface area contributed by atoms with E-state index in [0.29, 0.717) is 6.04 Å². The van der Waals surface area contributed by atoms with E-state index >= 15 is 0 Å². The first-order chi connectivity index (χ1) is 8.35. The molecule has 1 aromatic heterocycles. The number of likely N-dealkylation sites (N-methyl/N-ethyl adjacent to an activating group) is 1. The highest BCUT2D eigenvalue weighted by Crippen LogP contribution is 2.20. The molecule has 1 aliphatic heterocycles. The van der Waals surface area contributed by atoms with Crippen LogP contribution >= 0.6 is 0 Å². The van der Waals surface area contributed by atoms with Gasteiger partial charge in [-0.25, -0.2) is 0 Å². The molecule has 17 heavy (non-hydrogen) atoms. The van der Waals surface area contributed by atoms with Gasteiger partial charge in [0.25, 0.3) is 0 Å². The zero-order valence-corrected chi connectivity index (χ0v) is 10.9. The van der Waals surface area contributed by atoms with Gasteiger partial charge >= 0.3 is 0 Å². The number of hydrogen-bond donors (Lipinski definition) is 1. The average molecular weight is 233 g/mol. The molecule has 0 saturated carbocycles. The molecule has 3 heteroatoms. The molecule has 2 heterocycles. The summed E-state index contributed by atoms with van der Waals surface area (Å²) in [5.74, 6) is 0.790. The molecule has 0 amide bonds. The first kappa shape index (κ1) is 12.5. The van der Waals surface area contributed by atoms with Gasteiger partial charge in [0, 0.05) is 25.3 Å². The summed E-state index contributed by atoms with van der Waals surface area (Å²) >= 11 is 0. The van der Waals surface area contributed by atoms with Crippen LogP contribution in [0.25, 0.3) is 0 Å². The molecule has 0 spiro atoms. The summed E-state index contributed by atoms with van der Waals surface area (Å²) in [7, 11) is 0. The maximum absolute atomic E-state index is 4.43. The fourth-order valence-electron chi connectivity index (χ4n) is 2.73. The molecule has 1 N–H and O–H groups in total. The van der Waals surface area contributed by atoms with E-state index in [9.17, 15) is 0 Å². The summed E-state index contributed by atoms with van der Waals surface area (Å²) < 4.78 is 0. The highest BCUT2D eigenvalue weighted by atomic mass is 15.2. The lowest BCUT2D eigenvalue weighted by Gasteiger charge is -2.30. The number of hydrogen-bond acceptors (Lipinski definition) is 3. The number of aromatic nitrogens is 1. The first-order valence-electron chi connectivity index (χ1n) is 6.69. The number of nitrogens with zero attached hydrogens (tertiary/aromatic N) is 2. The van der Waals surface area contributed by atoms with E-state index in [-0.39, 0.29) is 0 Å². The van der Waals surface area contributed by atoms with Gasteiger partial charge < -0.3 is 5.32 Å². The molecule has 1 fully saturated rings. The van der Waals surface area contributed by atoms with Gasteiger partial charge in [-0.3, -0.25) is 9.88 Å². The van der Waals surface area contributed by atoms with Crippen LogP contribution < -0.4 is 5.32 Å². The van der Waals surface area contributed by atoms with E-state index in [2.05, 4.69) is 41.2 Å². The molecule has 0 radical (unpaired) electrons. The molecule has 2 unspecified atom stereocenters. The average Bonchev–Trinajstić information content (AvgIpc) is 2.85. The zero-order chi connectivity index (χ0) is 12.1. The monoisotopic (exact) mass is 233 g/mol. The normalized spacial score (nSPS) is 24.4. The van der Waals surface area contributed by atoms with E-state index in [0.717, 1.165) is 25.6 Å². The molecule has 2 atom stereocenters. The predicted molar refractivity (Wildman–Crippen MR) is 70.8 cm³/mol. The third-order valence-electron chi connectivity index (χ3n) is 3.79. The Morgan fingerprint density at radius 1 is 1.35 bits per heavy atom. The Kier molecular flexibility index (Phi) is 4.51. The van der Waals surface area contributed by atoms with Crippen molar-refractivity contribution in [1.29, 1.82) is 0 Å². The van der Waals surface area contributed by atoms with Crippen LogP contribution in [0.15, 0.2) is 24.4 Å².